The summed E-state index contributed by atoms with van der Waals surface area (Å²) in [7, 11) is 1.97. The van der Waals surface area contributed by atoms with Gasteiger partial charge in [0.1, 0.15) is 0 Å². The SMILES string of the molecule is CNC(C1=COCCC1)c1ccc(C)c(Cl)c1. The Bertz CT molecular complexity index is 428. The van der Waals surface area contributed by atoms with Crippen molar-refractivity contribution in [1.82, 2.24) is 5.32 Å². The van der Waals surface area contributed by atoms with Gasteiger partial charge in [0.25, 0.3) is 0 Å². The molecule has 0 bridgehead atoms. The first kappa shape index (κ1) is 12.5. The van der Waals surface area contributed by atoms with Crippen LogP contribution < -0.4 is 5.32 Å². The smallest absolute Gasteiger partial charge is 0.0876 e. The van der Waals surface area contributed by atoms with E-state index in [0.717, 1.165) is 30.0 Å². The zero-order valence-electron chi connectivity index (χ0n) is 10.3. The third-order valence-electron chi connectivity index (χ3n) is 3.15. The van der Waals surface area contributed by atoms with Crippen molar-refractivity contribution < 1.29 is 4.74 Å². The van der Waals surface area contributed by atoms with E-state index in [9.17, 15) is 0 Å². The summed E-state index contributed by atoms with van der Waals surface area (Å²) in [5.74, 6) is 0. The third kappa shape index (κ3) is 2.82. The maximum absolute atomic E-state index is 6.18. The van der Waals surface area contributed by atoms with Crippen LogP contribution in [0.15, 0.2) is 30.0 Å². The minimum absolute atomic E-state index is 0.202. The topological polar surface area (TPSA) is 21.3 Å². The molecule has 92 valence electrons. The van der Waals surface area contributed by atoms with Crippen molar-refractivity contribution in [2.45, 2.75) is 25.8 Å². The van der Waals surface area contributed by atoms with Gasteiger partial charge < -0.3 is 10.1 Å². The molecule has 1 aromatic rings. The van der Waals surface area contributed by atoms with Crippen LogP contribution in [0.5, 0.6) is 0 Å². The summed E-state index contributed by atoms with van der Waals surface area (Å²) in [5, 5.41) is 4.15. The number of likely N-dealkylation sites (N-methyl/N-ethyl adjacent to an activating group) is 1. The second kappa shape index (κ2) is 5.56. The zero-order chi connectivity index (χ0) is 12.3. The lowest BCUT2D eigenvalue weighted by molar-refractivity contribution is 0.220. The molecular formula is C14H18ClNO. The molecule has 17 heavy (non-hydrogen) atoms. The summed E-state index contributed by atoms with van der Waals surface area (Å²) in [5.41, 5.74) is 3.60. The average molecular weight is 252 g/mol. The van der Waals surface area contributed by atoms with Gasteiger partial charge >= 0.3 is 0 Å². The van der Waals surface area contributed by atoms with Crippen molar-refractivity contribution in [3.8, 4) is 0 Å². The van der Waals surface area contributed by atoms with E-state index in [1.54, 1.807) is 0 Å². The largest absolute Gasteiger partial charge is 0.501 e. The lowest BCUT2D eigenvalue weighted by Crippen LogP contribution is -2.20. The molecule has 0 radical (unpaired) electrons. The monoisotopic (exact) mass is 251 g/mol. The Morgan fingerprint density at radius 1 is 1.41 bits per heavy atom. The fourth-order valence-corrected chi connectivity index (χ4v) is 2.34. The second-order valence-electron chi connectivity index (χ2n) is 4.40. The fourth-order valence-electron chi connectivity index (χ4n) is 2.15. The zero-order valence-corrected chi connectivity index (χ0v) is 11.1. The van der Waals surface area contributed by atoms with Gasteiger partial charge in [0.15, 0.2) is 0 Å². The predicted octanol–water partition coefficient (Wildman–Crippen LogP) is 3.60. The van der Waals surface area contributed by atoms with Crippen molar-refractivity contribution in [2.75, 3.05) is 13.7 Å². The maximum Gasteiger partial charge on any atom is 0.0876 e. The molecule has 1 aliphatic heterocycles. The Balaban J connectivity index is 2.28. The standard InChI is InChI=1S/C14H18ClNO/c1-10-5-6-11(8-13(10)15)14(16-2)12-4-3-7-17-9-12/h5-6,8-9,14,16H,3-4,7H2,1-2H3. The normalized spacial score (nSPS) is 17.2. The van der Waals surface area contributed by atoms with Crippen LogP contribution in [-0.4, -0.2) is 13.7 Å². The van der Waals surface area contributed by atoms with Crippen LogP contribution in [0.3, 0.4) is 0 Å². The van der Waals surface area contributed by atoms with Crippen molar-refractivity contribution in [2.24, 2.45) is 0 Å². The molecule has 1 aliphatic rings. The van der Waals surface area contributed by atoms with Crippen LogP contribution in [-0.2, 0) is 4.74 Å². The van der Waals surface area contributed by atoms with Gasteiger partial charge in [-0.05, 0) is 49.6 Å². The first-order valence-electron chi connectivity index (χ1n) is 5.96. The summed E-state index contributed by atoms with van der Waals surface area (Å²) in [6, 6.07) is 6.42. The molecule has 0 aromatic heterocycles. The van der Waals surface area contributed by atoms with Crippen LogP contribution in [0.2, 0.25) is 5.02 Å². The molecule has 1 unspecified atom stereocenters. The minimum Gasteiger partial charge on any atom is -0.501 e. The van der Waals surface area contributed by atoms with Crippen molar-refractivity contribution >= 4 is 11.6 Å². The van der Waals surface area contributed by atoms with Gasteiger partial charge in [-0.1, -0.05) is 23.7 Å². The van der Waals surface area contributed by atoms with Crippen LogP contribution in [0, 0.1) is 6.92 Å². The highest BCUT2D eigenvalue weighted by Gasteiger charge is 2.17. The van der Waals surface area contributed by atoms with Gasteiger partial charge in [-0.25, -0.2) is 0 Å². The predicted molar refractivity (Wildman–Crippen MR) is 71.3 cm³/mol. The summed E-state index contributed by atoms with van der Waals surface area (Å²) in [4.78, 5) is 0. The quantitative estimate of drug-likeness (QED) is 0.886. The van der Waals surface area contributed by atoms with Gasteiger partial charge in [-0.15, -0.1) is 0 Å². The number of benzene rings is 1. The molecule has 1 aromatic carbocycles. The number of aryl methyl sites for hydroxylation is 1. The van der Waals surface area contributed by atoms with Crippen LogP contribution in [0.25, 0.3) is 0 Å². The van der Waals surface area contributed by atoms with Gasteiger partial charge in [0.05, 0.1) is 18.9 Å². The Morgan fingerprint density at radius 2 is 2.24 bits per heavy atom. The summed E-state index contributed by atoms with van der Waals surface area (Å²) in [6.07, 6.45) is 4.05. The first-order valence-corrected chi connectivity index (χ1v) is 6.34. The van der Waals surface area contributed by atoms with E-state index in [-0.39, 0.29) is 6.04 Å². The van der Waals surface area contributed by atoms with E-state index in [4.69, 9.17) is 16.3 Å². The number of hydrogen-bond donors (Lipinski definition) is 1. The number of hydrogen-bond acceptors (Lipinski definition) is 2. The summed E-state index contributed by atoms with van der Waals surface area (Å²) < 4.78 is 5.41. The van der Waals surface area contributed by atoms with Gasteiger partial charge in [-0.2, -0.15) is 0 Å². The average Bonchev–Trinajstić information content (AvgIpc) is 2.36. The molecule has 0 saturated heterocycles. The second-order valence-corrected chi connectivity index (χ2v) is 4.80. The Hall–Kier alpha value is -0.990. The van der Waals surface area contributed by atoms with Gasteiger partial charge in [0.2, 0.25) is 0 Å². The van der Waals surface area contributed by atoms with Crippen molar-refractivity contribution in [3.63, 3.8) is 0 Å². The molecule has 0 amide bonds. The maximum atomic E-state index is 6.18. The van der Waals surface area contributed by atoms with E-state index in [1.807, 2.05) is 26.3 Å². The van der Waals surface area contributed by atoms with E-state index in [2.05, 4.69) is 17.4 Å². The molecule has 0 aliphatic carbocycles. The van der Waals surface area contributed by atoms with E-state index in [1.165, 1.54) is 11.1 Å². The first-order chi connectivity index (χ1) is 8.22. The Kier molecular flexibility index (Phi) is 4.08. The van der Waals surface area contributed by atoms with E-state index in [0.29, 0.717) is 0 Å². The highest BCUT2D eigenvalue weighted by molar-refractivity contribution is 6.31. The van der Waals surface area contributed by atoms with E-state index >= 15 is 0 Å². The molecule has 0 saturated carbocycles. The number of halogens is 1. The molecule has 2 nitrogen and oxygen atoms in total. The summed E-state index contributed by atoms with van der Waals surface area (Å²) >= 11 is 6.18. The van der Waals surface area contributed by atoms with E-state index < -0.39 is 0 Å². The van der Waals surface area contributed by atoms with Gasteiger partial charge in [-0.3, -0.25) is 0 Å². The number of rotatable bonds is 3. The fraction of sp³-hybridized carbons (Fsp3) is 0.429. The Morgan fingerprint density at radius 3 is 2.82 bits per heavy atom. The van der Waals surface area contributed by atoms with Crippen LogP contribution >= 0.6 is 11.6 Å². The third-order valence-corrected chi connectivity index (χ3v) is 3.56. The molecule has 1 atom stereocenters. The van der Waals surface area contributed by atoms with Crippen molar-refractivity contribution in [3.05, 3.63) is 46.2 Å². The van der Waals surface area contributed by atoms with Crippen LogP contribution in [0.1, 0.15) is 30.0 Å². The molecule has 1 N–H and O–H groups in total. The molecular weight excluding hydrogens is 234 g/mol. The molecule has 3 heteroatoms. The van der Waals surface area contributed by atoms with Crippen LogP contribution in [0.4, 0.5) is 0 Å². The molecule has 0 spiro atoms. The van der Waals surface area contributed by atoms with Gasteiger partial charge in [0, 0.05) is 5.02 Å². The highest BCUT2D eigenvalue weighted by Crippen LogP contribution is 2.29. The lowest BCUT2D eigenvalue weighted by Gasteiger charge is -2.23. The number of ether oxygens (including phenoxy) is 1. The van der Waals surface area contributed by atoms with Crippen molar-refractivity contribution in [1.29, 1.82) is 0 Å². The molecule has 2 rings (SSSR count). The minimum atomic E-state index is 0.202. The lowest BCUT2D eigenvalue weighted by atomic mass is 9.95. The number of nitrogens with one attached hydrogen (secondary N) is 1. The molecule has 0 fully saturated rings. The summed E-state index contributed by atoms with van der Waals surface area (Å²) in [6.45, 7) is 2.85. The molecule has 1 heterocycles. The highest BCUT2D eigenvalue weighted by atomic mass is 35.5. The Labute approximate surface area is 108 Å².